The molecule has 0 radical (unpaired) electrons. The van der Waals surface area contributed by atoms with Crippen molar-refractivity contribution in [2.24, 2.45) is 5.92 Å². The minimum Gasteiger partial charge on any atom is -0.496 e. The Morgan fingerprint density at radius 1 is 1.14 bits per heavy atom. The fourth-order valence-corrected chi connectivity index (χ4v) is 3.18. The Hall–Kier alpha value is -1.26. The third-order valence-corrected chi connectivity index (χ3v) is 4.49. The first-order chi connectivity index (χ1) is 10.2. The summed E-state index contributed by atoms with van der Waals surface area (Å²) in [5.41, 5.74) is 1.19. The molecular formula is C17H28N2O2. The summed E-state index contributed by atoms with van der Waals surface area (Å²) in [6.07, 6.45) is 1.13. The number of hydrogen-bond acceptors (Lipinski definition) is 4. The van der Waals surface area contributed by atoms with Gasteiger partial charge in [0, 0.05) is 32.2 Å². The number of nitrogens with one attached hydrogen (secondary N) is 1. The van der Waals surface area contributed by atoms with Crippen LogP contribution in [-0.2, 0) is 0 Å². The van der Waals surface area contributed by atoms with E-state index >= 15 is 0 Å². The molecule has 1 aromatic carbocycles. The van der Waals surface area contributed by atoms with Crippen LogP contribution in [0.5, 0.6) is 11.5 Å². The molecule has 0 saturated carbocycles. The Balaban J connectivity index is 2.44. The summed E-state index contributed by atoms with van der Waals surface area (Å²) in [5, 5.41) is 3.43. The van der Waals surface area contributed by atoms with E-state index in [0.29, 0.717) is 12.0 Å². The highest BCUT2D eigenvalue weighted by Crippen LogP contribution is 2.41. The molecule has 0 aromatic heterocycles. The Morgan fingerprint density at radius 2 is 1.71 bits per heavy atom. The van der Waals surface area contributed by atoms with Crippen LogP contribution in [0.4, 0.5) is 0 Å². The van der Waals surface area contributed by atoms with Crippen molar-refractivity contribution in [1.82, 2.24) is 10.2 Å². The lowest BCUT2D eigenvalue weighted by Gasteiger charge is -2.39. The molecule has 1 unspecified atom stereocenters. The molecule has 0 aliphatic carbocycles. The fourth-order valence-electron chi connectivity index (χ4n) is 3.18. The number of methoxy groups -OCH3 is 2. The number of ether oxygens (including phenoxy) is 2. The first-order valence-electron chi connectivity index (χ1n) is 7.88. The highest BCUT2D eigenvalue weighted by molar-refractivity contribution is 5.47. The molecule has 4 heteroatoms. The van der Waals surface area contributed by atoms with E-state index < -0.39 is 0 Å². The molecule has 1 fully saturated rings. The minimum absolute atomic E-state index is 0.336. The number of rotatable bonds is 6. The van der Waals surface area contributed by atoms with Gasteiger partial charge < -0.3 is 14.8 Å². The van der Waals surface area contributed by atoms with E-state index in [1.165, 1.54) is 5.56 Å². The number of nitrogens with zero attached hydrogens (tertiary/aromatic N) is 1. The first-order valence-corrected chi connectivity index (χ1v) is 7.88. The lowest BCUT2D eigenvalue weighted by molar-refractivity contribution is 0.123. The molecule has 1 aromatic rings. The normalized spacial score (nSPS) is 19.0. The Morgan fingerprint density at radius 3 is 2.19 bits per heavy atom. The van der Waals surface area contributed by atoms with E-state index in [-0.39, 0.29) is 0 Å². The molecule has 1 heterocycles. The summed E-state index contributed by atoms with van der Waals surface area (Å²) in [6.45, 7) is 8.79. The number of hydrogen-bond donors (Lipinski definition) is 1. The monoisotopic (exact) mass is 292 g/mol. The molecule has 2 atom stereocenters. The van der Waals surface area contributed by atoms with Crippen molar-refractivity contribution < 1.29 is 9.47 Å². The molecule has 0 amide bonds. The van der Waals surface area contributed by atoms with E-state index in [0.717, 1.165) is 44.1 Å². The zero-order valence-corrected chi connectivity index (χ0v) is 13.7. The van der Waals surface area contributed by atoms with Crippen molar-refractivity contribution in [3.05, 3.63) is 23.8 Å². The molecule has 2 rings (SSSR count). The number of piperazine rings is 1. The van der Waals surface area contributed by atoms with Gasteiger partial charge >= 0.3 is 0 Å². The molecule has 118 valence electrons. The standard InChI is InChI=1S/C17H28N2O2/c1-5-13(2)17(19-11-9-18-10-12-19)16-14(20-3)7-6-8-15(16)21-4/h6-8,13,17-18H,5,9-12H2,1-4H3/t13?,17-/m1/s1. The van der Waals surface area contributed by atoms with Crippen LogP contribution < -0.4 is 14.8 Å². The fraction of sp³-hybridized carbons (Fsp3) is 0.647. The molecular weight excluding hydrogens is 264 g/mol. The lowest BCUT2D eigenvalue weighted by atomic mass is 9.89. The van der Waals surface area contributed by atoms with E-state index in [2.05, 4.69) is 24.1 Å². The van der Waals surface area contributed by atoms with Crippen LogP contribution in [0.25, 0.3) is 0 Å². The van der Waals surface area contributed by atoms with Gasteiger partial charge in [0.25, 0.3) is 0 Å². The van der Waals surface area contributed by atoms with Crippen molar-refractivity contribution in [2.75, 3.05) is 40.4 Å². The predicted octanol–water partition coefficient (Wildman–Crippen LogP) is 2.70. The van der Waals surface area contributed by atoms with Gasteiger partial charge in [0.05, 0.1) is 19.8 Å². The maximum atomic E-state index is 5.63. The average Bonchev–Trinajstić information content (AvgIpc) is 2.55. The Kier molecular flexibility index (Phi) is 5.88. The van der Waals surface area contributed by atoms with Gasteiger partial charge in [-0.25, -0.2) is 0 Å². The van der Waals surface area contributed by atoms with Crippen molar-refractivity contribution >= 4 is 0 Å². The van der Waals surface area contributed by atoms with Crippen LogP contribution in [0, 0.1) is 5.92 Å². The van der Waals surface area contributed by atoms with E-state index in [9.17, 15) is 0 Å². The van der Waals surface area contributed by atoms with Gasteiger partial charge in [0.2, 0.25) is 0 Å². The second-order valence-electron chi connectivity index (χ2n) is 5.69. The molecule has 21 heavy (non-hydrogen) atoms. The largest absolute Gasteiger partial charge is 0.496 e. The highest BCUT2D eigenvalue weighted by atomic mass is 16.5. The van der Waals surface area contributed by atoms with Gasteiger partial charge in [-0.1, -0.05) is 26.3 Å². The summed E-state index contributed by atoms with van der Waals surface area (Å²) in [4.78, 5) is 2.56. The summed E-state index contributed by atoms with van der Waals surface area (Å²) in [5.74, 6) is 2.41. The van der Waals surface area contributed by atoms with Gasteiger partial charge in [0.15, 0.2) is 0 Å². The van der Waals surface area contributed by atoms with Gasteiger partial charge in [-0.05, 0) is 18.1 Å². The smallest absolute Gasteiger partial charge is 0.127 e. The molecule has 1 aliphatic rings. The van der Waals surface area contributed by atoms with E-state index in [4.69, 9.17) is 9.47 Å². The molecule has 4 nitrogen and oxygen atoms in total. The van der Waals surface area contributed by atoms with Crippen molar-refractivity contribution in [3.8, 4) is 11.5 Å². The van der Waals surface area contributed by atoms with Crippen LogP contribution in [0.3, 0.4) is 0 Å². The van der Waals surface area contributed by atoms with Gasteiger partial charge in [-0.2, -0.15) is 0 Å². The molecule has 0 spiro atoms. The van der Waals surface area contributed by atoms with Crippen LogP contribution in [0.1, 0.15) is 31.9 Å². The minimum atomic E-state index is 0.336. The maximum absolute atomic E-state index is 5.63. The Labute approximate surface area is 128 Å². The zero-order chi connectivity index (χ0) is 15.2. The van der Waals surface area contributed by atoms with Gasteiger partial charge in [0.1, 0.15) is 11.5 Å². The second-order valence-corrected chi connectivity index (χ2v) is 5.69. The van der Waals surface area contributed by atoms with Crippen LogP contribution in [-0.4, -0.2) is 45.3 Å². The third kappa shape index (κ3) is 3.50. The Bertz CT molecular complexity index is 422. The van der Waals surface area contributed by atoms with Crippen LogP contribution >= 0.6 is 0 Å². The van der Waals surface area contributed by atoms with Crippen LogP contribution in [0.15, 0.2) is 18.2 Å². The van der Waals surface area contributed by atoms with Crippen LogP contribution in [0.2, 0.25) is 0 Å². The van der Waals surface area contributed by atoms with Crippen molar-refractivity contribution in [2.45, 2.75) is 26.3 Å². The SMILES string of the molecule is CCC(C)[C@H](c1c(OC)cccc1OC)N1CCNCC1. The predicted molar refractivity (Wildman–Crippen MR) is 86.2 cm³/mol. The molecule has 0 bridgehead atoms. The second kappa shape index (κ2) is 7.66. The molecule has 1 N–H and O–H groups in total. The zero-order valence-electron chi connectivity index (χ0n) is 13.7. The molecule has 1 aliphatic heterocycles. The average molecular weight is 292 g/mol. The quantitative estimate of drug-likeness (QED) is 0.874. The lowest BCUT2D eigenvalue weighted by Crippen LogP contribution is -2.46. The maximum Gasteiger partial charge on any atom is 0.127 e. The summed E-state index contributed by atoms with van der Waals surface area (Å²) >= 11 is 0. The summed E-state index contributed by atoms with van der Waals surface area (Å²) < 4.78 is 11.3. The van der Waals surface area contributed by atoms with Crippen molar-refractivity contribution in [3.63, 3.8) is 0 Å². The van der Waals surface area contributed by atoms with E-state index in [1.807, 2.05) is 18.2 Å². The molecule has 1 saturated heterocycles. The summed E-state index contributed by atoms with van der Waals surface area (Å²) in [6, 6.07) is 6.40. The number of benzene rings is 1. The first kappa shape index (κ1) is 16.1. The van der Waals surface area contributed by atoms with Gasteiger partial charge in [-0.15, -0.1) is 0 Å². The topological polar surface area (TPSA) is 33.7 Å². The van der Waals surface area contributed by atoms with Crippen molar-refractivity contribution in [1.29, 1.82) is 0 Å². The van der Waals surface area contributed by atoms with E-state index in [1.54, 1.807) is 14.2 Å². The van der Waals surface area contributed by atoms with Gasteiger partial charge in [-0.3, -0.25) is 4.90 Å². The third-order valence-electron chi connectivity index (χ3n) is 4.49. The summed E-state index contributed by atoms with van der Waals surface area (Å²) in [7, 11) is 3.48. The highest BCUT2D eigenvalue weighted by Gasteiger charge is 2.31.